The number of pyridine rings is 1. The first-order valence-corrected chi connectivity index (χ1v) is 7.99. The SMILES string of the molecule is CC(=O)OC1N=C(c2ccccc2F)c2nc(Cl)ccc2-n2cnnc21. The molecular formula is C17H11ClFN5O2. The number of carbonyl (C=O) groups excluding carboxylic acids is 1. The van der Waals surface area contributed by atoms with Gasteiger partial charge in [-0.2, -0.15) is 0 Å². The standard InChI is InChI=1S/C17H11ClFN5O2/c1-9(25)26-17-16-23-20-8-24(16)12-6-7-13(18)21-15(12)14(22-17)10-4-2-3-5-11(10)19/h2-8,17H,1H3. The maximum Gasteiger partial charge on any atom is 0.304 e. The lowest BCUT2D eigenvalue weighted by Crippen LogP contribution is -2.13. The van der Waals surface area contributed by atoms with E-state index in [-0.39, 0.29) is 22.3 Å². The van der Waals surface area contributed by atoms with Gasteiger partial charge in [-0.15, -0.1) is 10.2 Å². The fourth-order valence-corrected chi connectivity index (χ4v) is 2.86. The van der Waals surface area contributed by atoms with Crippen LogP contribution in [0.3, 0.4) is 0 Å². The van der Waals surface area contributed by atoms with Gasteiger partial charge < -0.3 is 4.74 Å². The highest BCUT2D eigenvalue weighted by Gasteiger charge is 2.30. The average molecular weight is 372 g/mol. The molecule has 7 nitrogen and oxygen atoms in total. The van der Waals surface area contributed by atoms with Crippen LogP contribution in [0.2, 0.25) is 5.15 Å². The van der Waals surface area contributed by atoms with Gasteiger partial charge in [-0.25, -0.2) is 14.4 Å². The number of hydrogen-bond donors (Lipinski definition) is 0. The summed E-state index contributed by atoms with van der Waals surface area (Å²) in [6, 6.07) is 9.42. The molecule has 3 heterocycles. The van der Waals surface area contributed by atoms with Crippen molar-refractivity contribution in [3.05, 3.63) is 70.8 Å². The lowest BCUT2D eigenvalue weighted by Gasteiger charge is -2.11. The third kappa shape index (κ3) is 2.74. The van der Waals surface area contributed by atoms with Gasteiger partial charge in [0.2, 0.25) is 5.82 Å². The van der Waals surface area contributed by atoms with Crippen LogP contribution in [-0.4, -0.2) is 31.4 Å². The van der Waals surface area contributed by atoms with Gasteiger partial charge in [0.1, 0.15) is 28.7 Å². The second-order valence-corrected chi connectivity index (χ2v) is 5.87. The Bertz CT molecular complexity index is 1050. The van der Waals surface area contributed by atoms with Crippen LogP contribution in [0.4, 0.5) is 4.39 Å². The van der Waals surface area contributed by atoms with Crippen LogP contribution in [0, 0.1) is 5.82 Å². The van der Waals surface area contributed by atoms with Crippen LogP contribution < -0.4 is 0 Å². The molecule has 1 aliphatic heterocycles. The molecule has 1 aromatic carbocycles. The molecule has 0 N–H and O–H groups in total. The van der Waals surface area contributed by atoms with Gasteiger partial charge in [0, 0.05) is 12.5 Å². The fourth-order valence-electron chi connectivity index (χ4n) is 2.72. The van der Waals surface area contributed by atoms with Gasteiger partial charge in [0.05, 0.1) is 5.69 Å². The molecule has 0 saturated carbocycles. The summed E-state index contributed by atoms with van der Waals surface area (Å²) in [7, 11) is 0. The molecule has 0 aliphatic carbocycles. The second kappa shape index (κ2) is 6.30. The van der Waals surface area contributed by atoms with Crippen molar-refractivity contribution >= 4 is 23.3 Å². The molecule has 0 bridgehead atoms. The molecule has 1 atom stereocenters. The Morgan fingerprint density at radius 1 is 1.27 bits per heavy atom. The summed E-state index contributed by atoms with van der Waals surface area (Å²) >= 11 is 6.06. The number of rotatable bonds is 2. The first kappa shape index (κ1) is 16.3. The van der Waals surface area contributed by atoms with E-state index in [1.165, 1.54) is 19.3 Å². The number of halogens is 2. The Labute approximate surface area is 152 Å². The number of hydrogen-bond acceptors (Lipinski definition) is 6. The molecule has 1 aliphatic rings. The van der Waals surface area contributed by atoms with Gasteiger partial charge in [-0.1, -0.05) is 23.7 Å². The van der Waals surface area contributed by atoms with Gasteiger partial charge in [-0.3, -0.25) is 9.36 Å². The number of ether oxygens (including phenoxy) is 1. The maximum atomic E-state index is 14.5. The number of nitrogens with zero attached hydrogens (tertiary/aromatic N) is 5. The van der Waals surface area contributed by atoms with Crippen molar-refractivity contribution in [1.29, 1.82) is 0 Å². The third-order valence-electron chi connectivity index (χ3n) is 3.77. The van der Waals surface area contributed by atoms with Gasteiger partial charge >= 0.3 is 5.97 Å². The van der Waals surface area contributed by atoms with E-state index in [1.807, 2.05) is 0 Å². The van der Waals surface area contributed by atoms with Crippen LogP contribution in [0.1, 0.15) is 30.2 Å². The average Bonchev–Trinajstić information content (AvgIpc) is 3.04. The van der Waals surface area contributed by atoms with Gasteiger partial charge in [-0.05, 0) is 24.3 Å². The van der Waals surface area contributed by atoms with Crippen molar-refractivity contribution in [3.63, 3.8) is 0 Å². The summed E-state index contributed by atoms with van der Waals surface area (Å²) in [5.41, 5.74) is 1.29. The zero-order valence-electron chi connectivity index (χ0n) is 13.4. The van der Waals surface area contributed by atoms with Crippen molar-refractivity contribution < 1.29 is 13.9 Å². The van der Waals surface area contributed by atoms with E-state index in [2.05, 4.69) is 20.2 Å². The Balaban J connectivity index is 2.03. The minimum Gasteiger partial charge on any atom is -0.432 e. The zero-order valence-corrected chi connectivity index (χ0v) is 14.2. The molecule has 2 aromatic heterocycles. The normalized spacial score (nSPS) is 15.5. The first-order chi connectivity index (χ1) is 12.5. The first-order valence-electron chi connectivity index (χ1n) is 7.61. The number of aromatic nitrogens is 4. The van der Waals surface area contributed by atoms with E-state index in [9.17, 15) is 9.18 Å². The Hall–Kier alpha value is -3.13. The smallest absolute Gasteiger partial charge is 0.304 e. The monoisotopic (exact) mass is 371 g/mol. The molecule has 26 heavy (non-hydrogen) atoms. The van der Waals surface area contributed by atoms with Crippen LogP contribution in [0.15, 0.2) is 47.7 Å². The van der Waals surface area contributed by atoms with Gasteiger partial charge in [0.25, 0.3) is 6.23 Å². The molecule has 3 aromatic rings. The lowest BCUT2D eigenvalue weighted by atomic mass is 10.0. The Kier molecular flexibility index (Phi) is 3.96. The molecule has 0 fully saturated rings. The summed E-state index contributed by atoms with van der Waals surface area (Å²) in [4.78, 5) is 20.3. The van der Waals surface area contributed by atoms with Crippen molar-refractivity contribution in [2.45, 2.75) is 13.2 Å². The van der Waals surface area contributed by atoms with Crippen LogP contribution in [-0.2, 0) is 9.53 Å². The highest BCUT2D eigenvalue weighted by Crippen LogP contribution is 2.30. The minimum atomic E-state index is -1.10. The number of fused-ring (bicyclic) bond motifs is 3. The number of benzene rings is 1. The largest absolute Gasteiger partial charge is 0.432 e. The lowest BCUT2D eigenvalue weighted by molar-refractivity contribution is -0.146. The highest BCUT2D eigenvalue weighted by molar-refractivity contribution is 6.30. The number of aliphatic imine (C=N–C) groups is 1. The maximum absolute atomic E-state index is 14.5. The Morgan fingerprint density at radius 3 is 2.85 bits per heavy atom. The molecule has 0 saturated heterocycles. The fraction of sp³-hybridized carbons (Fsp3) is 0.118. The van der Waals surface area contributed by atoms with Gasteiger partial charge in [0.15, 0.2) is 0 Å². The summed E-state index contributed by atoms with van der Waals surface area (Å²) in [6.07, 6.45) is 0.345. The van der Waals surface area contributed by atoms with E-state index >= 15 is 0 Å². The number of carbonyl (C=O) groups is 1. The van der Waals surface area contributed by atoms with E-state index in [4.69, 9.17) is 16.3 Å². The van der Waals surface area contributed by atoms with E-state index in [0.29, 0.717) is 11.4 Å². The molecule has 0 amide bonds. The van der Waals surface area contributed by atoms with Crippen LogP contribution in [0.5, 0.6) is 0 Å². The molecule has 4 rings (SSSR count). The molecule has 9 heteroatoms. The van der Waals surface area contributed by atoms with Crippen molar-refractivity contribution in [2.24, 2.45) is 4.99 Å². The van der Waals surface area contributed by atoms with Crippen LogP contribution in [0.25, 0.3) is 5.69 Å². The quantitative estimate of drug-likeness (QED) is 0.511. The molecule has 0 spiro atoms. The second-order valence-electron chi connectivity index (χ2n) is 5.48. The predicted octanol–water partition coefficient (Wildman–Crippen LogP) is 2.87. The molecule has 0 radical (unpaired) electrons. The molecule has 1 unspecified atom stereocenters. The predicted molar refractivity (Wildman–Crippen MR) is 90.7 cm³/mol. The molecular weight excluding hydrogens is 361 g/mol. The van der Waals surface area contributed by atoms with Crippen LogP contribution >= 0.6 is 11.6 Å². The summed E-state index contributed by atoms with van der Waals surface area (Å²) in [5.74, 6) is -0.770. The molecule has 130 valence electrons. The zero-order chi connectivity index (χ0) is 18.3. The topological polar surface area (TPSA) is 82.3 Å². The van der Waals surface area contributed by atoms with Crippen molar-refractivity contribution in [2.75, 3.05) is 0 Å². The minimum absolute atomic E-state index is 0.206. The number of esters is 1. The summed E-state index contributed by atoms with van der Waals surface area (Å²) < 4.78 is 21.3. The van der Waals surface area contributed by atoms with E-state index in [1.54, 1.807) is 34.9 Å². The van der Waals surface area contributed by atoms with Crippen molar-refractivity contribution in [3.8, 4) is 5.69 Å². The summed E-state index contributed by atoms with van der Waals surface area (Å²) in [6.45, 7) is 1.26. The third-order valence-corrected chi connectivity index (χ3v) is 3.98. The summed E-state index contributed by atoms with van der Waals surface area (Å²) in [5, 5.41) is 8.07. The van der Waals surface area contributed by atoms with E-state index in [0.717, 1.165) is 0 Å². The van der Waals surface area contributed by atoms with Crippen molar-refractivity contribution in [1.82, 2.24) is 19.7 Å². The Morgan fingerprint density at radius 2 is 2.08 bits per heavy atom. The van der Waals surface area contributed by atoms with E-state index < -0.39 is 18.0 Å². The highest BCUT2D eigenvalue weighted by atomic mass is 35.5.